The van der Waals surface area contributed by atoms with E-state index in [9.17, 15) is 4.79 Å². The average molecular weight is 552 g/mol. The van der Waals surface area contributed by atoms with Crippen molar-refractivity contribution in [1.29, 1.82) is 0 Å². The molecule has 0 bridgehead atoms. The molecule has 0 saturated heterocycles. The van der Waals surface area contributed by atoms with Crippen LogP contribution >= 0.6 is 43.2 Å². The Bertz CT molecular complexity index is 1000. The number of rotatable bonds is 9. The molecule has 0 radical (unpaired) electrons. The molecule has 0 spiro atoms. The zero-order chi connectivity index (χ0) is 21.5. The predicted molar refractivity (Wildman–Crippen MR) is 132 cm³/mol. The van der Waals surface area contributed by atoms with E-state index < -0.39 is 0 Å². The van der Waals surface area contributed by atoms with Gasteiger partial charge >= 0.3 is 0 Å². The summed E-state index contributed by atoms with van der Waals surface area (Å²) in [6.07, 6.45) is 2.89. The van der Waals surface area contributed by atoms with E-state index in [1.165, 1.54) is 16.9 Å². The average Bonchev–Trinajstić information content (AvgIpc) is 3.15. The summed E-state index contributed by atoms with van der Waals surface area (Å²) in [4.78, 5) is 18.2. The molecule has 0 atom stereocenters. The smallest absolute Gasteiger partial charge is 0.226 e. The largest absolute Gasteiger partial charge is 0.492 e. The number of benzene rings is 2. The third kappa shape index (κ3) is 6.15. The van der Waals surface area contributed by atoms with Crippen molar-refractivity contribution in [2.75, 3.05) is 11.9 Å². The van der Waals surface area contributed by atoms with Gasteiger partial charge in [-0.15, -0.1) is 11.3 Å². The maximum Gasteiger partial charge on any atom is 0.226 e. The molecule has 1 aromatic heterocycles. The lowest BCUT2D eigenvalue weighted by atomic mass is 10.1. The van der Waals surface area contributed by atoms with Crippen LogP contribution in [-0.2, 0) is 17.6 Å². The molecule has 0 aliphatic heterocycles. The number of anilines is 1. The fraction of sp³-hybridized carbons (Fsp3) is 0.304. The summed E-state index contributed by atoms with van der Waals surface area (Å²) in [5, 5.41) is 3.58. The van der Waals surface area contributed by atoms with E-state index in [2.05, 4.69) is 68.1 Å². The van der Waals surface area contributed by atoms with Crippen molar-refractivity contribution < 1.29 is 9.53 Å². The number of halogens is 2. The number of nitrogens with one attached hydrogen (secondary N) is 1. The number of aromatic nitrogens is 1. The molecule has 0 fully saturated rings. The van der Waals surface area contributed by atoms with Crippen LogP contribution in [0.4, 0.5) is 5.13 Å². The SMILES string of the molecule is CCc1ccc(OCCCC(=O)Nc2nc(-c3ccc(Br)cc3)c(CC)s2)c(Br)c1. The van der Waals surface area contributed by atoms with Crippen molar-refractivity contribution in [3.8, 4) is 17.0 Å². The van der Waals surface area contributed by atoms with Gasteiger partial charge in [0, 0.05) is 21.3 Å². The Balaban J connectivity index is 1.52. The topological polar surface area (TPSA) is 51.2 Å². The number of nitrogens with zero attached hydrogens (tertiary/aromatic N) is 1. The first kappa shape index (κ1) is 23.0. The zero-order valence-corrected chi connectivity index (χ0v) is 21.0. The predicted octanol–water partition coefficient (Wildman–Crippen LogP) is 7.26. The van der Waals surface area contributed by atoms with Crippen LogP contribution in [0.15, 0.2) is 51.4 Å². The van der Waals surface area contributed by atoms with E-state index >= 15 is 0 Å². The van der Waals surface area contributed by atoms with Crippen molar-refractivity contribution in [3.05, 3.63) is 61.9 Å². The fourth-order valence-corrected chi connectivity index (χ4v) is 4.70. The lowest BCUT2D eigenvalue weighted by Crippen LogP contribution is -2.12. The van der Waals surface area contributed by atoms with Crippen LogP contribution in [0.3, 0.4) is 0 Å². The van der Waals surface area contributed by atoms with E-state index in [1.54, 1.807) is 0 Å². The molecule has 30 heavy (non-hydrogen) atoms. The third-order valence-corrected chi connectivity index (χ3v) is 6.86. The van der Waals surface area contributed by atoms with Crippen LogP contribution < -0.4 is 10.1 Å². The second-order valence-electron chi connectivity index (χ2n) is 6.77. The van der Waals surface area contributed by atoms with E-state index in [0.717, 1.165) is 43.7 Å². The molecule has 0 saturated carbocycles. The molecular weight excluding hydrogens is 528 g/mol. The van der Waals surface area contributed by atoms with Crippen molar-refractivity contribution in [3.63, 3.8) is 0 Å². The van der Waals surface area contributed by atoms with Gasteiger partial charge in [0.25, 0.3) is 0 Å². The summed E-state index contributed by atoms with van der Waals surface area (Å²) in [7, 11) is 0. The van der Waals surface area contributed by atoms with Gasteiger partial charge in [-0.1, -0.05) is 48.0 Å². The fourth-order valence-electron chi connectivity index (χ4n) is 2.96. The maximum atomic E-state index is 12.3. The van der Waals surface area contributed by atoms with Crippen molar-refractivity contribution in [1.82, 2.24) is 4.98 Å². The standard InChI is InChI=1S/C23H24Br2N2O2S/c1-3-15-7-12-19(18(25)14-15)29-13-5-6-21(28)26-23-27-22(20(4-2)30-23)16-8-10-17(24)11-9-16/h7-12,14H,3-6,13H2,1-2H3,(H,26,27,28). The second kappa shape index (κ2) is 11.1. The highest BCUT2D eigenvalue weighted by atomic mass is 79.9. The van der Waals surface area contributed by atoms with Crippen molar-refractivity contribution in [2.24, 2.45) is 0 Å². The van der Waals surface area contributed by atoms with Crippen LogP contribution in [0, 0.1) is 0 Å². The summed E-state index contributed by atoms with van der Waals surface area (Å²) in [5.41, 5.74) is 3.25. The summed E-state index contributed by atoms with van der Waals surface area (Å²) in [5.74, 6) is 0.761. The van der Waals surface area contributed by atoms with E-state index in [-0.39, 0.29) is 5.91 Å². The Morgan fingerprint density at radius 2 is 1.87 bits per heavy atom. The number of ether oxygens (including phenoxy) is 1. The van der Waals surface area contributed by atoms with Crippen molar-refractivity contribution >= 4 is 54.2 Å². The summed E-state index contributed by atoms with van der Waals surface area (Å²) in [6, 6.07) is 14.2. The molecule has 2 aromatic carbocycles. The number of hydrogen-bond donors (Lipinski definition) is 1. The lowest BCUT2D eigenvalue weighted by molar-refractivity contribution is -0.116. The number of carbonyl (C=O) groups excluding carboxylic acids is 1. The van der Waals surface area contributed by atoms with Crippen LogP contribution in [0.5, 0.6) is 5.75 Å². The maximum absolute atomic E-state index is 12.3. The number of carbonyl (C=O) groups is 1. The summed E-state index contributed by atoms with van der Waals surface area (Å²) >= 11 is 8.53. The van der Waals surface area contributed by atoms with Crippen molar-refractivity contribution in [2.45, 2.75) is 39.5 Å². The van der Waals surface area contributed by atoms with Gasteiger partial charge in [-0.3, -0.25) is 4.79 Å². The number of hydrogen-bond acceptors (Lipinski definition) is 4. The molecule has 4 nitrogen and oxygen atoms in total. The van der Waals surface area contributed by atoms with Crippen LogP contribution in [-0.4, -0.2) is 17.5 Å². The van der Waals surface area contributed by atoms with Gasteiger partial charge in [-0.2, -0.15) is 0 Å². The molecule has 1 heterocycles. The Morgan fingerprint density at radius 1 is 1.10 bits per heavy atom. The van der Waals surface area contributed by atoms with Crippen LogP contribution in [0.25, 0.3) is 11.3 Å². The van der Waals surface area contributed by atoms with Crippen LogP contribution in [0.2, 0.25) is 0 Å². The minimum atomic E-state index is -0.0437. The van der Waals surface area contributed by atoms with Gasteiger partial charge in [-0.05, 0) is 65.0 Å². The molecule has 7 heteroatoms. The minimum absolute atomic E-state index is 0.0437. The normalized spacial score (nSPS) is 10.8. The first-order valence-corrected chi connectivity index (χ1v) is 12.4. The number of aryl methyl sites for hydroxylation is 2. The van der Waals surface area contributed by atoms with Gasteiger partial charge in [0.05, 0.1) is 16.8 Å². The van der Waals surface area contributed by atoms with Gasteiger partial charge < -0.3 is 10.1 Å². The van der Waals surface area contributed by atoms with Gasteiger partial charge in [-0.25, -0.2) is 4.98 Å². The Morgan fingerprint density at radius 3 is 2.53 bits per heavy atom. The molecule has 3 rings (SSSR count). The highest BCUT2D eigenvalue weighted by Gasteiger charge is 2.14. The Kier molecular flexibility index (Phi) is 8.48. The van der Waals surface area contributed by atoms with Gasteiger partial charge in [0.2, 0.25) is 5.91 Å². The van der Waals surface area contributed by atoms with Gasteiger partial charge in [0.15, 0.2) is 5.13 Å². The number of thiazole rings is 1. The highest BCUT2D eigenvalue weighted by Crippen LogP contribution is 2.32. The molecular formula is C23H24Br2N2O2S. The number of amides is 1. The monoisotopic (exact) mass is 550 g/mol. The van der Waals surface area contributed by atoms with E-state index in [4.69, 9.17) is 4.74 Å². The molecule has 0 aliphatic rings. The van der Waals surface area contributed by atoms with Crippen LogP contribution in [0.1, 0.15) is 37.1 Å². The molecule has 1 amide bonds. The quantitative estimate of drug-likeness (QED) is 0.285. The highest BCUT2D eigenvalue weighted by molar-refractivity contribution is 9.10. The molecule has 1 N–H and O–H groups in total. The summed E-state index contributed by atoms with van der Waals surface area (Å²) in [6.45, 7) is 4.71. The van der Waals surface area contributed by atoms with E-state index in [0.29, 0.717) is 24.6 Å². The Hall–Kier alpha value is -1.70. The second-order valence-corrected chi connectivity index (χ2v) is 9.62. The zero-order valence-electron chi connectivity index (χ0n) is 17.0. The van der Waals surface area contributed by atoms with Gasteiger partial charge in [0.1, 0.15) is 5.75 Å². The van der Waals surface area contributed by atoms with E-state index in [1.807, 2.05) is 30.3 Å². The minimum Gasteiger partial charge on any atom is -0.492 e. The molecule has 3 aromatic rings. The first-order valence-electron chi connectivity index (χ1n) is 9.96. The molecule has 158 valence electrons. The first-order chi connectivity index (χ1) is 14.5. The molecule has 0 aliphatic carbocycles. The summed E-state index contributed by atoms with van der Waals surface area (Å²) < 4.78 is 7.78. The Labute approximate surface area is 198 Å². The third-order valence-electron chi connectivity index (χ3n) is 4.59. The molecule has 0 unspecified atom stereocenters. The lowest BCUT2D eigenvalue weighted by Gasteiger charge is -2.09.